The minimum Gasteiger partial charge on any atom is -0.395 e. The van der Waals surface area contributed by atoms with Crippen LogP contribution in [0, 0.1) is 5.92 Å². The number of aliphatic hydroxyl groups excluding tert-OH is 1. The Labute approximate surface area is 186 Å². The largest absolute Gasteiger partial charge is 0.395 e. The molecule has 3 saturated heterocycles. The summed E-state index contributed by atoms with van der Waals surface area (Å²) in [5.41, 5.74) is 3.71. The van der Waals surface area contributed by atoms with E-state index in [-0.39, 0.29) is 12.6 Å². The van der Waals surface area contributed by atoms with Crippen LogP contribution in [0.5, 0.6) is 0 Å². The van der Waals surface area contributed by atoms with Gasteiger partial charge in [-0.1, -0.05) is 30.3 Å². The van der Waals surface area contributed by atoms with Crippen molar-refractivity contribution in [3.8, 4) is 11.1 Å². The molecule has 4 heterocycles. The molecule has 166 valence electrons. The first-order chi connectivity index (χ1) is 15.3. The predicted molar refractivity (Wildman–Crippen MR) is 123 cm³/mol. The van der Waals surface area contributed by atoms with Gasteiger partial charge >= 0.3 is 0 Å². The summed E-state index contributed by atoms with van der Waals surface area (Å²) in [4.78, 5) is 9.53. The van der Waals surface area contributed by atoms with E-state index in [4.69, 9.17) is 4.74 Å². The molecule has 0 radical (unpaired) electrons. The number of rotatable bonds is 5. The average molecular weight is 422 g/mol. The molecule has 0 amide bonds. The number of benzene rings is 1. The highest BCUT2D eigenvalue weighted by atomic mass is 16.5. The molecule has 0 bridgehead atoms. The summed E-state index contributed by atoms with van der Waals surface area (Å²) in [6.07, 6.45) is 8.61. The second kappa shape index (κ2) is 9.78. The van der Waals surface area contributed by atoms with Gasteiger partial charge in [0.05, 0.1) is 6.61 Å². The zero-order valence-corrected chi connectivity index (χ0v) is 18.4. The van der Waals surface area contributed by atoms with Crippen LogP contribution in [0.1, 0.15) is 37.2 Å². The minimum atomic E-state index is 0.242. The van der Waals surface area contributed by atoms with E-state index in [0.29, 0.717) is 12.0 Å². The van der Waals surface area contributed by atoms with Crippen molar-refractivity contribution in [3.63, 3.8) is 0 Å². The molecule has 1 N–H and O–H groups in total. The molecule has 2 aromatic rings. The third kappa shape index (κ3) is 4.56. The standard InChI is InChI=1S/C26H35N3O2/c30-19-25-26(22-7-5-21(6-8-22)23-4-3-11-27-16-23)24-18-28(12-1-2-13-29(24)25)17-20-9-14-31-15-10-20/h3-8,11,16,20,24-26,30H,1-2,9-10,12-15,17-19H2/t24-,25-,26+/m0/s1. The zero-order valence-electron chi connectivity index (χ0n) is 18.4. The summed E-state index contributed by atoms with van der Waals surface area (Å²) in [7, 11) is 0. The molecule has 0 spiro atoms. The molecule has 0 unspecified atom stereocenters. The van der Waals surface area contributed by atoms with Crippen molar-refractivity contribution in [1.29, 1.82) is 0 Å². The van der Waals surface area contributed by atoms with Crippen LogP contribution < -0.4 is 0 Å². The Morgan fingerprint density at radius 1 is 1.00 bits per heavy atom. The molecule has 1 aromatic carbocycles. The molecule has 1 aromatic heterocycles. The van der Waals surface area contributed by atoms with Crippen molar-refractivity contribution >= 4 is 0 Å². The van der Waals surface area contributed by atoms with Crippen molar-refractivity contribution in [2.75, 3.05) is 46.0 Å². The highest BCUT2D eigenvalue weighted by Crippen LogP contribution is 2.42. The van der Waals surface area contributed by atoms with Gasteiger partial charge in [0.2, 0.25) is 0 Å². The SMILES string of the molecule is OC[C@H]1[C@H](c2ccc(-c3cccnc3)cc2)[C@@H]2CN(CC3CCOCC3)CCCCN12. The van der Waals surface area contributed by atoms with Crippen LogP contribution in [-0.4, -0.2) is 78.0 Å². The van der Waals surface area contributed by atoms with Gasteiger partial charge in [-0.2, -0.15) is 0 Å². The lowest BCUT2D eigenvalue weighted by Gasteiger charge is -2.57. The van der Waals surface area contributed by atoms with Gasteiger partial charge in [0.25, 0.3) is 0 Å². The Morgan fingerprint density at radius 3 is 2.55 bits per heavy atom. The topological polar surface area (TPSA) is 48.8 Å². The van der Waals surface area contributed by atoms with Crippen molar-refractivity contribution in [1.82, 2.24) is 14.8 Å². The molecule has 31 heavy (non-hydrogen) atoms. The fourth-order valence-electron chi connectivity index (χ4n) is 5.90. The molecular formula is C26H35N3O2. The number of hydrogen-bond donors (Lipinski definition) is 1. The van der Waals surface area contributed by atoms with E-state index in [9.17, 15) is 5.11 Å². The number of aromatic nitrogens is 1. The van der Waals surface area contributed by atoms with Crippen LogP contribution in [0.25, 0.3) is 11.1 Å². The molecule has 5 rings (SSSR count). The highest BCUT2D eigenvalue weighted by Gasteiger charge is 2.49. The number of nitrogens with zero attached hydrogens (tertiary/aromatic N) is 3. The van der Waals surface area contributed by atoms with Gasteiger partial charge < -0.3 is 14.7 Å². The third-order valence-corrected chi connectivity index (χ3v) is 7.60. The van der Waals surface area contributed by atoms with Crippen LogP contribution in [0.4, 0.5) is 0 Å². The average Bonchev–Trinajstić information content (AvgIpc) is 2.81. The normalized spacial score (nSPS) is 28.4. The summed E-state index contributed by atoms with van der Waals surface area (Å²) >= 11 is 0. The van der Waals surface area contributed by atoms with E-state index >= 15 is 0 Å². The first-order valence-electron chi connectivity index (χ1n) is 12.0. The monoisotopic (exact) mass is 421 g/mol. The van der Waals surface area contributed by atoms with E-state index in [0.717, 1.165) is 37.8 Å². The maximum atomic E-state index is 10.2. The summed E-state index contributed by atoms with van der Waals surface area (Å²) in [6, 6.07) is 13.8. The second-order valence-corrected chi connectivity index (χ2v) is 9.47. The number of hydrogen-bond acceptors (Lipinski definition) is 5. The lowest BCUT2D eigenvalue weighted by molar-refractivity contribution is -0.0677. The molecule has 3 aliphatic heterocycles. The maximum absolute atomic E-state index is 10.2. The zero-order chi connectivity index (χ0) is 21.0. The van der Waals surface area contributed by atoms with Crippen LogP contribution in [-0.2, 0) is 4.74 Å². The van der Waals surface area contributed by atoms with E-state index < -0.39 is 0 Å². The van der Waals surface area contributed by atoms with Gasteiger partial charge in [0, 0.05) is 56.7 Å². The predicted octanol–water partition coefficient (Wildman–Crippen LogP) is 3.40. The lowest BCUT2D eigenvalue weighted by atomic mass is 9.74. The van der Waals surface area contributed by atoms with E-state index in [1.54, 1.807) is 0 Å². The molecule has 5 heteroatoms. The Kier molecular flexibility index (Phi) is 6.65. The Hall–Kier alpha value is -1.79. The highest BCUT2D eigenvalue weighted by molar-refractivity contribution is 5.62. The van der Waals surface area contributed by atoms with Gasteiger partial charge in [0.15, 0.2) is 0 Å². The Bertz CT molecular complexity index is 822. The summed E-state index contributed by atoms with van der Waals surface area (Å²) in [5.74, 6) is 1.18. The molecule has 5 nitrogen and oxygen atoms in total. The van der Waals surface area contributed by atoms with E-state index in [1.807, 2.05) is 18.5 Å². The van der Waals surface area contributed by atoms with Crippen molar-refractivity contribution < 1.29 is 9.84 Å². The first-order valence-corrected chi connectivity index (χ1v) is 12.0. The summed E-state index contributed by atoms with van der Waals surface area (Å²) in [6.45, 7) is 6.72. The van der Waals surface area contributed by atoms with Gasteiger partial charge in [-0.25, -0.2) is 0 Å². The fraction of sp³-hybridized carbons (Fsp3) is 0.577. The molecule has 0 aliphatic carbocycles. The second-order valence-electron chi connectivity index (χ2n) is 9.47. The van der Waals surface area contributed by atoms with Crippen LogP contribution in [0.15, 0.2) is 48.8 Å². The van der Waals surface area contributed by atoms with E-state index in [1.165, 1.54) is 49.9 Å². The van der Waals surface area contributed by atoms with Crippen LogP contribution >= 0.6 is 0 Å². The number of aliphatic hydroxyl groups is 1. The molecule has 3 fully saturated rings. The minimum absolute atomic E-state index is 0.242. The van der Waals surface area contributed by atoms with Crippen molar-refractivity contribution in [2.24, 2.45) is 5.92 Å². The fourth-order valence-corrected chi connectivity index (χ4v) is 5.90. The van der Waals surface area contributed by atoms with Gasteiger partial charge in [0.1, 0.15) is 0 Å². The van der Waals surface area contributed by atoms with Crippen molar-refractivity contribution in [3.05, 3.63) is 54.4 Å². The number of pyridine rings is 1. The third-order valence-electron chi connectivity index (χ3n) is 7.60. The quantitative estimate of drug-likeness (QED) is 0.802. The molecule has 0 saturated carbocycles. The Morgan fingerprint density at radius 2 is 1.81 bits per heavy atom. The smallest absolute Gasteiger partial charge is 0.0593 e. The van der Waals surface area contributed by atoms with Gasteiger partial charge in [-0.3, -0.25) is 9.88 Å². The number of fused-ring (bicyclic) bond motifs is 1. The van der Waals surface area contributed by atoms with Crippen LogP contribution in [0.3, 0.4) is 0 Å². The van der Waals surface area contributed by atoms with Gasteiger partial charge in [-0.15, -0.1) is 0 Å². The summed E-state index contributed by atoms with van der Waals surface area (Å²) in [5, 5.41) is 10.2. The maximum Gasteiger partial charge on any atom is 0.0593 e. The lowest BCUT2D eigenvalue weighted by Crippen LogP contribution is -2.67. The first kappa shape index (κ1) is 21.1. The molecule has 3 aliphatic rings. The molecular weight excluding hydrogens is 386 g/mol. The Balaban J connectivity index is 1.32. The van der Waals surface area contributed by atoms with Crippen LogP contribution in [0.2, 0.25) is 0 Å². The summed E-state index contributed by atoms with van der Waals surface area (Å²) < 4.78 is 5.57. The van der Waals surface area contributed by atoms with Gasteiger partial charge in [-0.05, 0) is 67.4 Å². The van der Waals surface area contributed by atoms with E-state index in [2.05, 4.69) is 45.1 Å². The molecule has 3 atom stereocenters. The van der Waals surface area contributed by atoms with Crippen molar-refractivity contribution in [2.45, 2.75) is 43.7 Å². The number of ether oxygens (including phenoxy) is 1.